The first-order valence-electron chi connectivity index (χ1n) is 4.77. The van der Waals surface area contributed by atoms with E-state index in [0.717, 1.165) is 0 Å². The van der Waals surface area contributed by atoms with Gasteiger partial charge in [-0.05, 0) is 23.9 Å². The number of rotatable bonds is 2. The molecule has 2 rings (SSSR count). The van der Waals surface area contributed by atoms with Gasteiger partial charge >= 0.3 is 5.97 Å². The zero-order chi connectivity index (χ0) is 11.6. The maximum absolute atomic E-state index is 11.1. The SMILES string of the molecule is O=C(O)C1=CC=CNC1(Cl)c1ccccc1. The summed E-state index contributed by atoms with van der Waals surface area (Å²) in [6, 6.07) is 9.07. The fourth-order valence-electron chi connectivity index (χ4n) is 1.63. The Hall–Kier alpha value is -1.74. The van der Waals surface area contributed by atoms with Crippen molar-refractivity contribution < 1.29 is 9.90 Å². The molecule has 2 N–H and O–H groups in total. The van der Waals surface area contributed by atoms with Crippen LogP contribution in [0.5, 0.6) is 0 Å². The third-order valence-corrected chi connectivity index (χ3v) is 2.95. The van der Waals surface area contributed by atoms with Crippen molar-refractivity contribution in [2.75, 3.05) is 0 Å². The summed E-state index contributed by atoms with van der Waals surface area (Å²) in [4.78, 5) is 9.92. The van der Waals surface area contributed by atoms with Crippen LogP contribution in [0.3, 0.4) is 0 Å². The number of carbonyl (C=O) groups is 1. The van der Waals surface area contributed by atoms with Gasteiger partial charge in [0.15, 0.2) is 5.00 Å². The normalized spacial score (nSPS) is 23.4. The van der Waals surface area contributed by atoms with Crippen molar-refractivity contribution in [3.05, 3.63) is 59.8 Å². The Kier molecular flexibility index (Phi) is 2.71. The van der Waals surface area contributed by atoms with Crippen LogP contribution in [0.15, 0.2) is 54.3 Å². The van der Waals surface area contributed by atoms with Crippen molar-refractivity contribution in [3.63, 3.8) is 0 Å². The van der Waals surface area contributed by atoms with Crippen LogP contribution < -0.4 is 5.32 Å². The van der Waals surface area contributed by atoms with Crippen molar-refractivity contribution >= 4 is 17.6 Å². The van der Waals surface area contributed by atoms with E-state index < -0.39 is 11.0 Å². The number of alkyl halides is 1. The summed E-state index contributed by atoms with van der Waals surface area (Å²) in [5.74, 6) is -1.03. The molecular formula is C12H10ClNO2. The lowest BCUT2D eigenvalue weighted by molar-refractivity contribution is -0.133. The molecule has 0 spiro atoms. The molecule has 1 aliphatic rings. The van der Waals surface area contributed by atoms with Crippen molar-refractivity contribution in [1.82, 2.24) is 5.32 Å². The zero-order valence-corrected chi connectivity index (χ0v) is 9.11. The number of nitrogens with one attached hydrogen (secondary N) is 1. The molecule has 1 unspecified atom stereocenters. The third-order valence-electron chi connectivity index (χ3n) is 2.41. The van der Waals surface area contributed by atoms with E-state index in [1.807, 2.05) is 18.2 Å². The molecule has 3 nitrogen and oxygen atoms in total. The second-order valence-corrected chi connectivity index (χ2v) is 3.98. The molecule has 1 heterocycles. The number of halogens is 1. The van der Waals surface area contributed by atoms with Crippen LogP contribution in [0.1, 0.15) is 5.56 Å². The lowest BCUT2D eigenvalue weighted by atomic mass is 9.96. The fraction of sp³-hybridized carbons (Fsp3) is 0.0833. The summed E-state index contributed by atoms with van der Waals surface area (Å²) in [6.45, 7) is 0. The second kappa shape index (κ2) is 4.02. The summed E-state index contributed by atoms with van der Waals surface area (Å²) in [7, 11) is 0. The van der Waals surface area contributed by atoms with Crippen molar-refractivity contribution in [2.45, 2.75) is 5.00 Å². The minimum Gasteiger partial charge on any atom is -0.478 e. The minimum atomic E-state index is -1.19. The Bertz CT molecular complexity index is 467. The molecule has 0 amide bonds. The maximum atomic E-state index is 11.1. The highest BCUT2D eigenvalue weighted by Gasteiger charge is 2.37. The number of carboxylic acids is 1. The van der Waals surface area contributed by atoms with Crippen LogP contribution in [0.25, 0.3) is 0 Å². The van der Waals surface area contributed by atoms with Gasteiger partial charge < -0.3 is 10.4 Å². The lowest BCUT2D eigenvalue weighted by Crippen LogP contribution is -2.39. The van der Waals surface area contributed by atoms with Gasteiger partial charge in [0, 0.05) is 0 Å². The Labute approximate surface area is 98.0 Å². The number of allylic oxidation sites excluding steroid dienone is 2. The second-order valence-electron chi connectivity index (χ2n) is 3.41. The largest absolute Gasteiger partial charge is 0.478 e. The van der Waals surface area contributed by atoms with Crippen molar-refractivity contribution in [1.29, 1.82) is 0 Å². The molecule has 82 valence electrons. The van der Waals surface area contributed by atoms with Crippen LogP contribution in [-0.4, -0.2) is 11.1 Å². The number of hydrogen-bond donors (Lipinski definition) is 2. The Morgan fingerprint density at radius 1 is 1.31 bits per heavy atom. The first-order chi connectivity index (χ1) is 7.64. The van der Waals surface area contributed by atoms with E-state index in [2.05, 4.69) is 5.32 Å². The number of aliphatic carboxylic acids is 1. The predicted molar refractivity (Wildman–Crippen MR) is 62.0 cm³/mol. The van der Waals surface area contributed by atoms with Gasteiger partial charge in [0.1, 0.15) is 0 Å². The Morgan fingerprint density at radius 3 is 2.62 bits per heavy atom. The van der Waals surface area contributed by atoms with E-state index in [4.69, 9.17) is 16.7 Å². The summed E-state index contributed by atoms with van der Waals surface area (Å²) >= 11 is 6.35. The van der Waals surface area contributed by atoms with E-state index in [9.17, 15) is 4.79 Å². The van der Waals surface area contributed by atoms with Crippen molar-refractivity contribution in [3.8, 4) is 0 Å². The van der Waals surface area contributed by atoms with Gasteiger partial charge in [0.25, 0.3) is 0 Å². The molecule has 0 saturated carbocycles. The van der Waals surface area contributed by atoms with Crippen LogP contribution in [-0.2, 0) is 9.79 Å². The monoisotopic (exact) mass is 235 g/mol. The summed E-state index contributed by atoms with van der Waals surface area (Å²) in [5.41, 5.74) is 0.817. The Balaban J connectivity index is 2.49. The Morgan fingerprint density at radius 2 is 2.00 bits per heavy atom. The fourth-order valence-corrected chi connectivity index (χ4v) is 1.96. The molecule has 1 aromatic carbocycles. The lowest BCUT2D eigenvalue weighted by Gasteiger charge is -2.30. The predicted octanol–water partition coefficient (Wildman–Crippen LogP) is 2.21. The van der Waals surface area contributed by atoms with Crippen LogP contribution in [0, 0.1) is 0 Å². The van der Waals surface area contributed by atoms with Crippen molar-refractivity contribution in [2.24, 2.45) is 0 Å². The highest BCUT2D eigenvalue weighted by Crippen LogP contribution is 2.35. The van der Waals surface area contributed by atoms with E-state index >= 15 is 0 Å². The van der Waals surface area contributed by atoms with Gasteiger partial charge in [-0.2, -0.15) is 0 Å². The van der Waals surface area contributed by atoms with E-state index in [1.54, 1.807) is 24.4 Å². The molecule has 0 radical (unpaired) electrons. The van der Waals surface area contributed by atoms with Gasteiger partial charge in [0.05, 0.1) is 5.57 Å². The zero-order valence-electron chi connectivity index (χ0n) is 8.35. The average molecular weight is 236 g/mol. The molecule has 0 saturated heterocycles. The third kappa shape index (κ3) is 1.70. The van der Waals surface area contributed by atoms with Gasteiger partial charge in [-0.15, -0.1) is 0 Å². The molecule has 1 atom stereocenters. The smallest absolute Gasteiger partial charge is 0.335 e. The first kappa shape index (κ1) is 10.8. The number of benzene rings is 1. The van der Waals surface area contributed by atoms with Gasteiger partial charge in [0.2, 0.25) is 0 Å². The first-order valence-corrected chi connectivity index (χ1v) is 5.15. The summed E-state index contributed by atoms with van der Waals surface area (Å²) < 4.78 is 0. The van der Waals surface area contributed by atoms with Gasteiger partial charge in [-0.3, -0.25) is 0 Å². The number of hydrogen-bond acceptors (Lipinski definition) is 2. The molecule has 1 aliphatic heterocycles. The minimum absolute atomic E-state index is 0.114. The average Bonchev–Trinajstić information content (AvgIpc) is 2.30. The van der Waals surface area contributed by atoms with Gasteiger partial charge in [-0.25, -0.2) is 4.79 Å². The number of carboxylic acid groups (broad SMARTS) is 1. The molecule has 0 aromatic heterocycles. The summed E-state index contributed by atoms with van der Waals surface area (Å²) in [6.07, 6.45) is 4.75. The van der Waals surface area contributed by atoms with E-state index in [0.29, 0.717) is 5.56 Å². The molecule has 0 bridgehead atoms. The van der Waals surface area contributed by atoms with E-state index in [-0.39, 0.29) is 5.57 Å². The topological polar surface area (TPSA) is 49.3 Å². The van der Waals surface area contributed by atoms with E-state index in [1.165, 1.54) is 6.08 Å². The molecule has 1 aromatic rings. The highest BCUT2D eigenvalue weighted by atomic mass is 35.5. The maximum Gasteiger partial charge on any atom is 0.335 e. The molecule has 16 heavy (non-hydrogen) atoms. The quantitative estimate of drug-likeness (QED) is 0.610. The standard InChI is InChI=1S/C12H10ClNO2/c13-12(9-5-2-1-3-6-9)10(11(15)16)7-4-8-14-12/h1-8,14H,(H,15,16). The molecule has 0 aliphatic carbocycles. The highest BCUT2D eigenvalue weighted by molar-refractivity contribution is 6.28. The molecule has 0 fully saturated rings. The summed E-state index contributed by atoms with van der Waals surface area (Å²) in [5, 5.41) is 12.0. The van der Waals surface area contributed by atoms with Crippen LogP contribution >= 0.6 is 11.6 Å². The molecular weight excluding hydrogens is 226 g/mol. The number of dihydropyridines is 1. The van der Waals surface area contributed by atoms with Crippen LogP contribution in [0.2, 0.25) is 0 Å². The van der Waals surface area contributed by atoms with Crippen LogP contribution in [0.4, 0.5) is 0 Å². The van der Waals surface area contributed by atoms with Gasteiger partial charge in [-0.1, -0.05) is 41.9 Å². The molecule has 4 heteroatoms.